The van der Waals surface area contributed by atoms with Crippen molar-refractivity contribution in [2.45, 2.75) is 38.5 Å². The second kappa shape index (κ2) is 7.47. The van der Waals surface area contributed by atoms with E-state index in [-0.39, 0.29) is 6.61 Å². The van der Waals surface area contributed by atoms with Gasteiger partial charge in [0, 0.05) is 18.2 Å². The number of aliphatic hydroxyl groups is 2. The van der Waals surface area contributed by atoms with Gasteiger partial charge in [-0.05, 0) is 32.9 Å². The van der Waals surface area contributed by atoms with Crippen molar-refractivity contribution in [2.75, 3.05) is 20.3 Å². The topological polar surface area (TPSA) is 71.0 Å². The molecule has 5 heteroatoms. The predicted molar refractivity (Wildman–Crippen MR) is 78.3 cm³/mol. The van der Waals surface area contributed by atoms with Crippen molar-refractivity contribution in [3.8, 4) is 11.5 Å². The Bertz CT molecular complexity index is 407. The van der Waals surface area contributed by atoms with Gasteiger partial charge < -0.3 is 25.0 Å². The maximum Gasteiger partial charge on any atom is 0.123 e. The molecule has 2 atom stereocenters. The van der Waals surface area contributed by atoms with E-state index in [4.69, 9.17) is 9.47 Å². The van der Waals surface area contributed by atoms with Crippen molar-refractivity contribution in [1.82, 2.24) is 5.32 Å². The molecule has 20 heavy (non-hydrogen) atoms. The molecule has 114 valence electrons. The van der Waals surface area contributed by atoms with E-state index in [2.05, 4.69) is 5.32 Å². The lowest BCUT2D eigenvalue weighted by atomic mass is 9.99. The number of rotatable bonds is 8. The average molecular weight is 283 g/mol. The first-order valence-electron chi connectivity index (χ1n) is 6.73. The van der Waals surface area contributed by atoms with Gasteiger partial charge in [-0.3, -0.25) is 0 Å². The van der Waals surface area contributed by atoms with Crippen molar-refractivity contribution < 1.29 is 19.7 Å². The van der Waals surface area contributed by atoms with Crippen LogP contribution < -0.4 is 14.8 Å². The smallest absolute Gasteiger partial charge is 0.123 e. The van der Waals surface area contributed by atoms with Crippen LogP contribution in [0.25, 0.3) is 0 Å². The van der Waals surface area contributed by atoms with Crippen molar-refractivity contribution >= 4 is 0 Å². The summed E-state index contributed by atoms with van der Waals surface area (Å²) < 4.78 is 10.6. The molecule has 0 heterocycles. The number of nitrogens with one attached hydrogen (secondary N) is 1. The van der Waals surface area contributed by atoms with E-state index < -0.39 is 17.7 Å². The number of aliphatic hydroxyl groups excluding tert-OH is 2. The molecule has 3 N–H and O–H groups in total. The summed E-state index contributed by atoms with van der Waals surface area (Å²) in [6.07, 6.45) is -1.16. The van der Waals surface area contributed by atoms with Gasteiger partial charge in [0.2, 0.25) is 0 Å². The molecule has 5 nitrogen and oxygen atoms in total. The largest absolute Gasteiger partial charge is 0.497 e. The van der Waals surface area contributed by atoms with Crippen molar-refractivity contribution in [1.29, 1.82) is 0 Å². The van der Waals surface area contributed by atoms with Gasteiger partial charge >= 0.3 is 0 Å². The van der Waals surface area contributed by atoms with Crippen LogP contribution in [0.15, 0.2) is 24.3 Å². The fraction of sp³-hybridized carbons (Fsp3) is 0.600. The number of hydrogen-bond acceptors (Lipinski definition) is 5. The molecular weight excluding hydrogens is 258 g/mol. The molecule has 0 saturated heterocycles. The highest BCUT2D eigenvalue weighted by atomic mass is 16.5. The van der Waals surface area contributed by atoms with E-state index >= 15 is 0 Å². The van der Waals surface area contributed by atoms with Crippen LogP contribution in [-0.4, -0.2) is 48.2 Å². The van der Waals surface area contributed by atoms with Crippen LogP contribution in [0, 0.1) is 0 Å². The van der Waals surface area contributed by atoms with Crippen LogP contribution in [-0.2, 0) is 0 Å². The normalized spacial score (nSPS) is 14.7. The molecular formula is C15H25NO4. The van der Waals surface area contributed by atoms with Crippen LogP contribution in [0.1, 0.15) is 20.8 Å². The molecule has 0 saturated carbocycles. The minimum atomic E-state index is -0.653. The Kier molecular flexibility index (Phi) is 6.26. The molecule has 1 aromatic carbocycles. The molecule has 1 rings (SSSR count). The fourth-order valence-corrected chi connectivity index (χ4v) is 1.47. The molecule has 0 radical (unpaired) electrons. The Morgan fingerprint density at radius 2 is 1.90 bits per heavy atom. The van der Waals surface area contributed by atoms with E-state index in [9.17, 15) is 10.2 Å². The summed E-state index contributed by atoms with van der Waals surface area (Å²) in [5.41, 5.74) is -0.447. The molecule has 0 aromatic heterocycles. The molecule has 2 unspecified atom stereocenters. The summed E-state index contributed by atoms with van der Waals surface area (Å²) >= 11 is 0. The summed E-state index contributed by atoms with van der Waals surface area (Å²) in [6, 6.07) is 7.23. The third kappa shape index (κ3) is 5.36. The Labute approximate surface area is 120 Å². The number of ether oxygens (including phenoxy) is 2. The second-order valence-corrected chi connectivity index (χ2v) is 5.42. The minimum Gasteiger partial charge on any atom is -0.497 e. The lowest BCUT2D eigenvalue weighted by Gasteiger charge is -2.30. The van der Waals surface area contributed by atoms with Crippen LogP contribution in [0.3, 0.4) is 0 Å². The first-order valence-corrected chi connectivity index (χ1v) is 6.73. The summed E-state index contributed by atoms with van der Waals surface area (Å²) in [7, 11) is 1.59. The molecule has 1 aromatic rings. The van der Waals surface area contributed by atoms with Gasteiger partial charge in [0.25, 0.3) is 0 Å². The maximum absolute atomic E-state index is 9.88. The Morgan fingerprint density at radius 1 is 1.25 bits per heavy atom. The first kappa shape index (κ1) is 16.8. The van der Waals surface area contributed by atoms with E-state index in [1.165, 1.54) is 0 Å². The first-order chi connectivity index (χ1) is 9.35. The van der Waals surface area contributed by atoms with E-state index in [0.717, 1.165) is 0 Å². The molecule has 0 aliphatic heterocycles. The highest BCUT2D eigenvalue weighted by molar-refractivity contribution is 5.32. The molecule has 0 spiro atoms. The van der Waals surface area contributed by atoms with E-state index in [0.29, 0.717) is 18.0 Å². The van der Waals surface area contributed by atoms with Gasteiger partial charge in [0.15, 0.2) is 0 Å². The number of methoxy groups -OCH3 is 1. The van der Waals surface area contributed by atoms with Gasteiger partial charge in [-0.25, -0.2) is 0 Å². The zero-order chi connectivity index (χ0) is 15.2. The predicted octanol–water partition coefficient (Wildman–Crippen LogP) is 1.18. The summed E-state index contributed by atoms with van der Waals surface area (Å²) in [6.45, 7) is 6.00. The van der Waals surface area contributed by atoms with Crippen molar-refractivity contribution in [3.05, 3.63) is 24.3 Å². The molecule has 0 aliphatic carbocycles. The van der Waals surface area contributed by atoms with E-state index in [1.807, 2.05) is 32.0 Å². The third-order valence-corrected chi connectivity index (χ3v) is 3.32. The van der Waals surface area contributed by atoms with Gasteiger partial charge in [-0.1, -0.05) is 6.07 Å². The summed E-state index contributed by atoms with van der Waals surface area (Å²) in [5.74, 6) is 1.36. The summed E-state index contributed by atoms with van der Waals surface area (Å²) in [5, 5.41) is 22.6. The Morgan fingerprint density at radius 3 is 2.50 bits per heavy atom. The quantitative estimate of drug-likeness (QED) is 0.668. The number of benzene rings is 1. The van der Waals surface area contributed by atoms with Crippen LogP contribution >= 0.6 is 0 Å². The summed E-state index contributed by atoms with van der Waals surface area (Å²) in [4.78, 5) is 0. The van der Waals surface area contributed by atoms with Crippen molar-refractivity contribution in [3.63, 3.8) is 0 Å². The standard InChI is InChI=1S/C15H25NO4/c1-11(17)15(2,3)16-9-12(18)10-20-14-7-5-6-13(8-14)19-4/h5-8,11-12,16-18H,9-10H2,1-4H3. The minimum absolute atomic E-state index is 0.177. The SMILES string of the molecule is COc1cccc(OCC(O)CNC(C)(C)C(C)O)c1. The molecule has 0 amide bonds. The Hall–Kier alpha value is -1.30. The zero-order valence-electron chi connectivity index (χ0n) is 12.6. The average Bonchev–Trinajstić information content (AvgIpc) is 2.43. The van der Waals surface area contributed by atoms with Gasteiger partial charge in [-0.2, -0.15) is 0 Å². The molecule has 0 bridgehead atoms. The molecule has 0 fully saturated rings. The maximum atomic E-state index is 9.88. The Balaban J connectivity index is 2.38. The number of β-amino-alcohol motifs (C(OH)–C–C–N with tert-alkyl or cyclic N) is 1. The van der Waals surface area contributed by atoms with Gasteiger partial charge in [-0.15, -0.1) is 0 Å². The highest BCUT2D eigenvalue weighted by Crippen LogP contribution is 2.18. The van der Waals surface area contributed by atoms with Crippen LogP contribution in [0.4, 0.5) is 0 Å². The second-order valence-electron chi connectivity index (χ2n) is 5.42. The monoisotopic (exact) mass is 283 g/mol. The van der Waals surface area contributed by atoms with Crippen LogP contribution in [0.5, 0.6) is 11.5 Å². The number of hydrogen-bond donors (Lipinski definition) is 3. The lowest BCUT2D eigenvalue weighted by molar-refractivity contribution is 0.0648. The van der Waals surface area contributed by atoms with E-state index in [1.54, 1.807) is 20.1 Å². The zero-order valence-corrected chi connectivity index (χ0v) is 12.6. The third-order valence-electron chi connectivity index (χ3n) is 3.32. The van der Waals surface area contributed by atoms with Gasteiger partial charge in [0.05, 0.1) is 13.2 Å². The molecule has 0 aliphatic rings. The fourth-order valence-electron chi connectivity index (χ4n) is 1.47. The van der Waals surface area contributed by atoms with Crippen molar-refractivity contribution in [2.24, 2.45) is 0 Å². The van der Waals surface area contributed by atoms with Crippen LogP contribution in [0.2, 0.25) is 0 Å². The highest BCUT2D eigenvalue weighted by Gasteiger charge is 2.24. The van der Waals surface area contributed by atoms with Gasteiger partial charge in [0.1, 0.15) is 24.2 Å². The lowest BCUT2D eigenvalue weighted by Crippen LogP contribution is -2.51.